The Kier molecular flexibility index (Phi) is 8.80. The van der Waals surface area contributed by atoms with Crippen molar-refractivity contribution in [1.82, 2.24) is 5.32 Å². The third kappa shape index (κ3) is 5.24. The van der Waals surface area contributed by atoms with Gasteiger partial charge in [0.15, 0.2) is 12.6 Å². The van der Waals surface area contributed by atoms with E-state index < -0.39 is 98.9 Å². The molecule has 0 radical (unpaired) electrons. The van der Waals surface area contributed by atoms with Crippen LogP contribution in [0.1, 0.15) is 6.92 Å². The number of aliphatic hydroxyl groups is 10. The maximum Gasteiger partial charge on any atom is 0.187 e. The summed E-state index contributed by atoms with van der Waals surface area (Å²) < 4.78 is 16.1. The molecule has 0 amide bonds. The van der Waals surface area contributed by atoms with E-state index in [0.717, 1.165) is 0 Å². The molecule has 33 heavy (non-hydrogen) atoms. The van der Waals surface area contributed by atoms with Gasteiger partial charge in [-0.2, -0.15) is 0 Å². The van der Waals surface area contributed by atoms with Gasteiger partial charge in [0.2, 0.25) is 0 Å². The molecular weight excluding hydrogens is 450 g/mol. The van der Waals surface area contributed by atoms with Gasteiger partial charge in [-0.15, -0.1) is 0 Å². The first kappa shape index (κ1) is 26.8. The summed E-state index contributed by atoms with van der Waals surface area (Å²) in [5.41, 5.74) is 0.0630. The molecule has 1 aliphatic carbocycles. The largest absolute Gasteiger partial charge is 0.394 e. The van der Waals surface area contributed by atoms with E-state index in [0.29, 0.717) is 0 Å². The summed E-state index contributed by atoms with van der Waals surface area (Å²) in [5, 5.41) is 103. The van der Waals surface area contributed by atoms with Crippen LogP contribution in [0, 0.1) is 0 Å². The van der Waals surface area contributed by atoms with Crippen LogP contribution in [-0.2, 0) is 14.2 Å². The molecule has 14 atom stereocenters. The lowest BCUT2D eigenvalue weighted by Crippen LogP contribution is -2.68. The minimum absolute atomic E-state index is 0.0630. The van der Waals surface area contributed by atoms with Crippen LogP contribution in [0.4, 0.5) is 0 Å². The summed E-state index contributed by atoms with van der Waals surface area (Å²) in [6.07, 6.45) is -16.8. The van der Waals surface area contributed by atoms with Crippen LogP contribution in [0.5, 0.6) is 0 Å². The Morgan fingerprint density at radius 3 is 2.12 bits per heavy atom. The second kappa shape index (κ2) is 10.8. The second-order valence-corrected chi connectivity index (χ2v) is 8.56. The first-order chi connectivity index (χ1) is 15.5. The Morgan fingerprint density at radius 2 is 1.52 bits per heavy atom. The zero-order valence-corrected chi connectivity index (χ0v) is 17.8. The fraction of sp³-hybridized carbons (Fsp3) is 0.895. The van der Waals surface area contributed by atoms with Gasteiger partial charge in [0.1, 0.15) is 54.9 Å². The van der Waals surface area contributed by atoms with Crippen molar-refractivity contribution in [2.75, 3.05) is 13.2 Å². The molecule has 11 N–H and O–H groups in total. The fourth-order valence-corrected chi connectivity index (χ4v) is 4.33. The van der Waals surface area contributed by atoms with Gasteiger partial charge in [-0.25, -0.2) is 0 Å². The Hall–Kier alpha value is -0.820. The number of hydrogen-bond donors (Lipinski definition) is 11. The Bertz CT molecular complexity index is 680. The van der Waals surface area contributed by atoms with Gasteiger partial charge in [-0.05, 0) is 12.5 Å². The summed E-state index contributed by atoms with van der Waals surface area (Å²) in [6.45, 7) is 0.249. The molecule has 0 saturated carbocycles. The van der Waals surface area contributed by atoms with E-state index in [4.69, 9.17) is 14.2 Å². The third-order valence-electron chi connectivity index (χ3n) is 6.36. The summed E-state index contributed by atoms with van der Waals surface area (Å²) in [5.74, 6) is 0. The Balaban J connectivity index is 1.71. The highest BCUT2D eigenvalue weighted by Crippen LogP contribution is 2.29. The lowest BCUT2D eigenvalue weighted by molar-refractivity contribution is -0.345. The second-order valence-electron chi connectivity index (χ2n) is 8.56. The minimum atomic E-state index is -1.76. The quantitative estimate of drug-likeness (QED) is 0.157. The van der Waals surface area contributed by atoms with Crippen LogP contribution in [0.3, 0.4) is 0 Å². The van der Waals surface area contributed by atoms with Crippen LogP contribution in [0.2, 0.25) is 0 Å². The molecule has 2 fully saturated rings. The molecule has 0 spiro atoms. The number of aliphatic hydroxyl groups excluding tert-OH is 10. The third-order valence-corrected chi connectivity index (χ3v) is 6.36. The highest BCUT2D eigenvalue weighted by atomic mass is 16.7. The Labute approximate surface area is 188 Å². The molecule has 0 aromatic rings. The maximum atomic E-state index is 10.7. The Morgan fingerprint density at radius 1 is 0.848 bits per heavy atom. The van der Waals surface area contributed by atoms with Crippen molar-refractivity contribution in [1.29, 1.82) is 0 Å². The molecule has 7 unspecified atom stereocenters. The van der Waals surface area contributed by atoms with Crippen molar-refractivity contribution in [3.8, 4) is 0 Å². The molecule has 2 saturated heterocycles. The molecule has 0 bridgehead atoms. The van der Waals surface area contributed by atoms with Crippen LogP contribution in [0.15, 0.2) is 11.6 Å². The maximum absolute atomic E-state index is 10.7. The van der Waals surface area contributed by atoms with Crippen LogP contribution < -0.4 is 5.32 Å². The predicted molar refractivity (Wildman–Crippen MR) is 105 cm³/mol. The first-order valence-electron chi connectivity index (χ1n) is 10.6. The monoisotopic (exact) mass is 483 g/mol. The number of rotatable bonds is 6. The van der Waals surface area contributed by atoms with E-state index in [1.807, 2.05) is 0 Å². The number of nitrogens with one attached hydrogen (secondary N) is 1. The van der Waals surface area contributed by atoms with Gasteiger partial charge in [-0.3, -0.25) is 0 Å². The lowest BCUT2D eigenvalue weighted by atomic mass is 9.86. The molecule has 2 heterocycles. The normalized spacial score (nSPS) is 51.3. The number of ether oxygens (including phenoxy) is 3. The first-order valence-corrected chi connectivity index (χ1v) is 10.6. The number of hydrogen-bond acceptors (Lipinski definition) is 14. The van der Waals surface area contributed by atoms with Gasteiger partial charge >= 0.3 is 0 Å². The molecular formula is C19H33NO13. The molecule has 3 rings (SSSR count). The van der Waals surface area contributed by atoms with E-state index >= 15 is 0 Å². The standard InChI is InChI=1S/C19H33NO13/c1-5-9(20-7-2-6(3-21)10(23)13(26)11(7)24)12(25)16(29)19(31-5)33-17-8(4-22)32-18(30)15(28)14(17)27/h2,5,7-30H,3-4H2,1H3/t5?,7?,8?,9-,10?,11?,12+,13?,14+,15-,16+,17?,18+,19+/m1/s1. The highest BCUT2D eigenvalue weighted by molar-refractivity contribution is 5.22. The van der Waals surface area contributed by atoms with Gasteiger partial charge < -0.3 is 70.6 Å². The molecule has 3 aliphatic rings. The van der Waals surface area contributed by atoms with Gasteiger partial charge in [0.05, 0.1) is 31.4 Å². The van der Waals surface area contributed by atoms with Crippen LogP contribution >= 0.6 is 0 Å². The van der Waals surface area contributed by atoms with Crippen molar-refractivity contribution < 1.29 is 65.3 Å². The SMILES string of the molecule is CC1O[C@@H](OC2C(CO)O[C@H](O)[C@H](O)[C@@H]2O)[C@@H](O)[C@@H](O)[C@@H]1NC1C=C(CO)C(O)C(O)C1O. The summed E-state index contributed by atoms with van der Waals surface area (Å²) in [4.78, 5) is 0. The molecule has 2 aliphatic heterocycles. The van der Waals surface area contributed by atoms with Crippen molar-refractivity contribution >= 4 is 0 Å². The molecule has 192 valence electrons. The topological polar surface area (TPSA) is 242 Å². The zero-order chi connectivity index (χ0) is 24.6. The molecule has 14 heteroatoms. The van der Waals surface area contributed by atoms with Crippen molar-refractivity contribution in [2.24, 2.45) is 0 Å². The zero-order valence-electron chi connectivity index (χ0n) is 17.8. The van der Waals surface area contributed by atoms with Crippen molar-refractivity contribution in [3.05, 3.63) is 11.6 Å². The smallest absolute Gasteiger partial charge is 0.187 e. The van der Waals surface area contributed by atoms with Crippen molar-refractivity contribution in [3.63, 3.8) is 0 Å². The van der Waals surface area contributed by atoms with E-state index in [9.17, 15) is 51.1 Å². The highest BCUT2D eigenvalue weighted by Gasteiger charge is 2.50. The van der Waals surface area contributed by atoms with E-state index in [1.165, 1.54) is 13.0 Å². The van der Waals surface area contributed by atoms with Crippen LogP contribution in [0.25, 0.3) is 0 Å². The summed E-state index contributed by atoms with van der Waals surface area (Å²) in [6, 6.07) is -2.02. The van der Waals surface area contributed by atoms with E-state index in [-0.39, 0.29) is 5.57 Å². The summed E-state index contributed by atoms with van der Waals surface area (Å²) in [7, 11) is 0. The van der Waals surface area contributed by atoms with Gasteiger partial charge in [0, 0.05) is 0 Å². The van der Waals surface area contributed by atoms with E-state index in [1.54, 1.807) is 0 Å². The van der Waals surface area contributed by atoms with E-state index in [2.05, 4.69) is 5.32 Å². The average Bonchev–Trinajstić information content (AvgIpc) is 2.79. The minimum Gasteiger partial charge on any atom is -0.394 e. The predicted octanol–water partition coefficient (Wildman–Crippen LogP) is -6.39. The van der Waals surface area contributed by atoms with Crippen molar-refractivity contribution in [2.45, 2.75) is 92.6 Å². The van der Waals surface area contributed by atoms with Gasteiger partial charge in [-0.1, -0.05) is 6.08 Å². The van der Waals surface area contributed by atoms with Gasteiger partial charge in [0.25, 0.3) is 0 Å². The lowest BCUT2D eigenvalue weighted by Gasteiger charge is -2.47. The molecule has 0 aromatic heterocycles. The molecule has 0 aromatic carbocycles. The fourth-order valence-electron chi connectivity index (χ4n) is 4.33. The average molecular weight is 483 g/mol. The van der Waals surface area contributed by atoms with Crippen LogP contribution in [-0.4, -0.2) is 150 Å². The molecule has 14 nitrogen and oxygen atoms in total. The summed E-state index contributed by atoms with van der Waals surface area (Å²) >= 11 is 0.